The van der Waals surface area contributed by atoms with E-state index in [1.165, 1.54) is 0 Å². The maximum absolute atomic E-state index is 12.4. The molecule has 0 spiro atoms. The van der Waals surface area contributed by atoms with Gasteiger partial charge in [0, 0.05) is 6.42 Å². The van der Waals surface area contributed by atoms with Gasteiger partial charge in [-0.05, 0) is 12.0 Å². The summed E-state index contributed by atoms with van der Waals surface area (Å²) in [4.78, 5) is 34.4. The van der Waals surface area contributed by atoms with Crippen LogP contribution in [0.4, 0.5) is 0 Å². The molecule has 0 saturated heterocycles. The van der Waals surface area contributed by atoms with Crippen molar-refractivity contribution in [2.45, 2.75) is 38.6 Å². The first-order chi connectivity index (χ1) is 11.5. The molecule has 2 atom stereocenters. The molecule has 0 radical (unpaired) electrons. The summed E-state index contributed by atoms with van der Waals surface area (Å²) in [6.45, 7) is 1.80. The minimum atomic E-state index is -1.13. The minimum absolute atomic E-state index is 0.160. The van der Waals surface area contributed by atoms with E-state index in [9.17, 15) is 24.7 Å². The molecule has 1 aromatic carbocycles. The number of amides is 2. The normalized spacial score (nSPS) is 12.9. The Morgan fingerprint density at radius 3 is 2.50 bits per heavy atom. The molecule has 1 rings (SSSR count). The fourth-order valence-electron chi connectivity index (χ4n) is 2.36. The van der Waals surface area contributed by atoms with Crippen LogP contribution in [0.5, 0.6) is 0 Å². The van der Waals surface area contributed by atoms with Crippen molar-refractivity contribution in [3.05, 3.63) is 35.9 Å². The molecule has 0 saturated carbocycles. The Balaban J connectivity index is 2.75. The molecule has 0 aliphatic carbocycles. The number of benzene rings is 1. The van der Waals surface area contributed by atoms with Gasteiger partial charge < -0.3 is 10.4 Å². The van der Waals surface area contributed by atoms with Gasteiger partial charge in [0.1, 0.15) is 6.04 Å². The van der Waals surface area contributed by atoms with E-state index in [0.29, 0.717) is 11.5 Å². The van der Waals surface area contributed by atoms with Crippen LogP contribution in [-0.2, 0) is 20.8 Å². The number of carbonyl (C=O) groups is 3. The predicted octanol–water partition coefficient (Wildman–Crippen LogP) is 1.45. The number of aliphatic carboxylic acids is 1. The maximum Gasteiger partial charge on any atom is 0.326 e. The van der Waals surface area contributed by atoms with Crippen LogP contribution < -0.4 is 5.32 Å². The number of nitrogens with one attached hydrogen (secondary N) is 1. The first-order valence-electron chi connectivity index (χ1n) is 7.95. The van der Waals surface area contributed by atoms with Gasteiger partial charge in [0.15, 0.2) is 0 Å². The maximum atomic E-state index is 12.4. The highest BCUT2D eigenvalue weighted by Gasteiger charge is 2.26. The van der Waals surface area contributed by atoms with Crippen molar-refractivity contribution in [1.29, 1.82) is 0 Å². The van der Waals surface area contributed by atoms with Crippen LogP contribution in [0.1, 0.15) is 31.7 Å². The van der Waals surface area contributed by atoms with E-state index in [1.54, 1.807) is 24.3 Å². The van der Waals surface area contributed by atoms with Gasteiger partial charge in [-0.1, -0.05) is 50.1 Å². The Morgan fingerprint density at radius 1 is 1.29 bits per heavy atom. The van der Waals surface area contributed by atoms with Crippen LogP contribution in [0.3, 0.4) is 0 Å². The number of rotatable bonds is 11. The molecule has 24 heavy (non-hydrogen) atoms. The van der Waals surface area contributed by atoms with Crippen LogP contribution in [0.2, 0.25) is 0 Å². The minimum Gasteiger partial charge on any atom is -0.480 e. The first-order valence-corrected chi connectivity index (χ1v) is 7.95. The summed E-state index contributed by atoms with van der Waals surface area (Å²) in [6, 6.07) is 7.94. The number of hydrogen-bond acceptors (Lipinski definition) is 4. The monoisotopic (exact) mass is 336 g/mol. The molecule has 0 bridgehead atoms. The Kier molecular flexibility index (Phi) is 8.49. The second-order valence-electron chi connectivity index (χ2n) is 5.66. The van der Waals surface area contributed by atoms with Gasteiger partial charge in [0.2, 0.25) is 12.3 Å². The molecular weight excluding hydrogens is 312 g/mol. The number of unbranched alkanes of at least 4 members (excludes halogenated alkanes) is 1. The molecule has 3 N–H and O–H groups in total. The lowest BCUT2D eigenvalue weighted by atomic mass is 9.99. The predicted molar refractivity (Wildman–Crippen MR) is 87.3 cm³/mol. The topological polar surface area (TPSA) is 107 Å². The molecule has 2 amide bonds. The van der Waals surface area contributed by atoms with Crippen molar-refractivity contribution in [2.75, 3.05) is 6.54 Å². The summed E-state index contributed by atoms with van der Waals surface area (Å²) in [5.74, 6) is -2.26. The third-order valence-corrected chi connectivity index (χ3v) is 3.70. The van der Waals surface area contributed by atoms with Crippen molar-refractivity contribution < 1.29 is 24.7 Å². The molecule has 0 fully saturated rings. The summed E-state index contributed by atoms with van der Waals surface area (Å²) >= 11 is 0. The van der Waals surface area contributed by atoms with E-state index in [4.69, 9.17) is 0 Å². The third-order valence-electron chi connectivity index (χ3n) is 3.70. The molecule has 7 heteroatoms. The van der Waals surface area contributed by atoms with Crippen LogP contribution in [0, 0.1) is 5.92 Å². The lowest BCUT2D eigenvalue weighted by molar-refractivity contribution is -0.155. The summed E-state index contributed by atoms with van der Waals surface area (Å²) in [5, 5.41) is 21.6. The lowest BCUT2D eigenvalue weighted by Gasteiger charge is -2.22. The van der Waals surface area contributed by atoms with Crippen LogP contribution >= 0.6 is 0 Å². The largest absolute Gasteiger partial charge is 0.480 e. The average molecular weight is 336 g/mol. The number of nitrogens with zero attached hydrogens (tertiary/aromatic N) is 1. The standard InChI is InChI=1S/C17H24N2O5/c1-2-3-9-14(11-19(24)12-20)16(21)18-15(17(22)23)10-13-7-5-4-6-8-13/h4-8,12,14-15,24H,2-3,9-11H2,1H3,(H,18,21)(H,22,23)/t14-,15+/m1/s1. The van der Waals surface area contributed by atoms with Gasteiger partial charge in [-0.25, -0.2) is 9.86 Å². The molecule has 0 unspecified atom stereocenters. The lowest BCUT2D eigenvalue weighted by Crippen LogP contribution is -2.47. The highest BCUT2D eigenvalue weighted by atomic mass is 16.5. The van der Waals surface area contributed by atoms with Crippen molar-refractivity contribution in [3.8, 4) is 0 Å². The van der Waals surface area contributed by atoms with Crippen LogP contribution in [0.15, 0.2) is 30.3 Å². The van der Waals surface area contributed by atoms with E-state index >= 15 is 0 Å². The second-order valence-corrected chi connectivity index (χ2v) is 5.66. The van der Waals surface area contributed by atoms with Gasteiger partial charge in [0.25, 0.3) is 0 Å². The van der Waals surface area contributed by atoms with Crippen molar-refractivity contribution in [3.63, 3.8) is 0 Å². The van der Waals surface area contributed by atoms with Gasteiger partial charge in [-0.3, -0.25) is 14.8 Å². The van der Waals surface area contributed by atoms with Gasteiger partial charge in [0.05, 0.1) is 12.5 Å². The molecule has 0 heterocycles. The summed E-state index contributed by atoms with van der Waals surface area (Å²) in [7, 11) is 0. The first kappa shape index (κ1) is 19.6. The quantitative estimate of drug-likeness (QED) is 0.322. The molecule has 0 aromatic heterocycles. The van der Waals surface area contributed by atoms with E-state index in [2.05, 4.69) is 5.32 Å². The van der Waals surface area contributed by atoms with Gasteiger partial charge in [-0.15, -0.1) is 0 Å². The van der Waals surface area contributed by atoms with Crippen molar-refractivity contribution >= 4 is 18.3 Å². The molecule has 132 valence electrons. The Labute approximate surface area is 141 Å². The zero-order valence-electron chi connectivity index (χ0n) is 13.7. The van der Waals surface area contributed by atoms with Gasteiger partial charge in [-0.2, -0.15) is 0 Å². The molecule has 7 nitrogen and oxygen atoms in total. The molecular formula is C17H24N2O5. The highest BCUT2D eigenvalue weighted by Crippen LogP contribution is 2.11. The average Bonchev–Trinajstić information content (AvgIpc) is 2.58. The van der Waals surface area contributed by atoms with E-state index < -0.39 is 23.8 Å². The molecule has 0 aliphatic heterocycles. The number of carboxylic acids is 1. The van der Waals surface area contributed by atoms with Crippen LogP contribution in [0.25, 0.3) is 0 Å². The van der Waals surface area contributed by atoms with Gasteiger partial charge >= 0.3 is 5.97 Å². The second kappa shape index (κ2) is 10.4. The zero-order valence-corrected chi connectivity index (χ0v) is 13.7. The fourth-order valence-corrected chi connectivity index (χ4v) is 2.36. The number of carboxylic acid groups (broad SMARTS) is 1. The molecule has 0 aliphatic rings. The number of hydroxylamine groups is 2. The smallest absolute Gasteiger partial charge is 0.326 e. The molecule has 1 aromatic rings. The third kappa shape index (κ3) is 6.78. The zero-order chi connectivity index (χ0) is 17.9. The van der Waals surface area contributed by atoms with E-state index in [1.807, 2.05) is 13.0 Å². The fraction of sp³-hybridized carbons (Fsp3) is 0.471. The Morgan fingerprint density at radius 2 is 1.96 bits per heavy atom. The summed E-state index contributed by atoms with van der Waals surface area (Å²) in [6.07, 6.45) is 2.44. The van der Waals surface area contributed by atoms with Crippen LogP contribution in [-0.4, -0.2) is 46.3 Å². The Bertz CT molecular complexity index is 535. The number of hydrogen-bond donors (Lipinski definition) is 3. The van der Waals surface area contributed by atoms with Crippen molar-refractivity contribution in [1.82, 2.24) is 10.4 Å². The summed E-state index contributed by atoms with van der Waals surface area (Å²) < 4.78 is 0. The Hall–Kier alpha value is -2.41. The van der Waals surface area contributed by atoms with Crippen molar-refractivity contribution in [2.24, 2.45) is 5.92 Å². The highest BCUT2D eigenvalue weighted by molar-refractivity contribution is 5.85. The van der Waals surface area contributed by atoms with E-state index in [0.717, 1.165) is 18.4 Å². The van der Waals surface area contributed by atoms with E-state index in [-0.39, 0.29) is 19.4 Å². The number of carbonyl (C=O) groups excluding carboxylic acids is 2. The SMILES string of the molecule is CCCC[C@H](CN(O)C=O)C(=O)N[C@@H](Cc1ccccc1)C(=O)O. The summed E-state index contributed by atoms with van der Waals surface area (Å²) in [5.41, 5.74) is 0.798.